The fraction of sp³-hybridized carbons (Fsp3) is 0.278. The van der Waals surface area contributed by atoms with Gasteiger partial charge in [0.05, 0.1) is 11.4 Å². The third-order valence-electron chi connectivity index (χ3n) is 3.94. The van der Waals surface area contributed by atoms with Gasteiger partial charge in [-0.25, -0.2) is 8.42 Å². The Morgan fingerprint density at radius 2 is 2.00 bits per heavy atom. The smallest absolute Gasteiger partial charge is 0.235 e. The summed E-state index contributed by atoms with van der Waals surface area (Å²) >= 11 is 5.11. The Morgan fingerprint density at radius 1 is 1.19 bits per heavy atom. The quantitative estimate of drug-likeness (QED) is 0.666. The van der Waals surface area contributed by atoms with Crippen molar-refractivity contribution >= 4 is 55.0 Å². The van der Waals surface area contributed by atoms with Gasteiger partial charge in [-0.1, -0.05) is 18.2 Å². The summed E-state index contributed by atoms with van der Waals surface area (Å²) < 4.78 is 26.5. The third kappa shape index (κ3) is 4.81. The van der Waals surface area contributed by atoms with Crippen LogP contribution in [0.3, 0.4) is 0 Å². The summed E-state index contributed by atoms with van der Waals surface area (Å²) in [4.78, 5) is 13.3. The Labute approximate surface area is 166 Å². The minimum absolute atomic E-state index is 0.0917. The standard InChI is InChI=1S/C18H19BrN2O3S2/c19-16-7-1-2-8-17(16)25-11-9-18(22)20-14-5-3-6-15(13-14)21-10-4-12-26(21,23)24/h1-3,5-8,13H,4,9-12H2,(H,20,22). The molecule has 0 spiro atoms. The Hall–Kier alpha value is -1.51. The van der Waals surface area contributed by atoms with Gasteiger partial charge in [0.15, 0.2) is 0 Å². The molecule has 1 N–H and O–H groups in total. The molecule has 0 aliphatic carbocycles. The van der Waals surface area contributed by atoms with E-state index in [9.17, 15) is 13.2 Å². The van der Waals surface area contributed by atoms with Crippen LogP contribution in [0.25, 0.3) is 0 Å². The number of halogens is 1. The molecule has 1 aliphatic heterocycles. The van der Waals surface area contributed by atoms with Gasteiger partial charge in [-0.3, -0.25) is 9.10 Å². The lowest BCUT2D eigenvalue weighted by Crippen LogP contribution is -2.25. The molecule has 0 atom stereocenters. The minimum Gasteiger partial charge on any atom is -0.326 e. The first kappa shape index (κ1) is 19.3. The summed E-state index contributed by atoms with van der Waals surface area (Å²) in [5.41, 5.74) is 1.21. The first-order valence-corrected chi connectivity index (χ1v) is 11.6. The average Bonchev–Trinajstić information content (AvgIpc) is 2.96. The number of sulfonamides is 1. The highest BCUT2D eigenvalue weighted by Crippen LogP contribution is 2.28. The van der Waals surface area contributed by atoms with Crippen molar-refractivity contribution in [1.29, 1.82) is 0 Å². The molecule has 0 saturated carbocycles. The number of anilines is 2. The zero-order valence-corrected chi connectivity index (χ0v) is 17.2. The van der Waals surface area contributed by atoms with Gasteiger partial charge in [0.1, 0.15) is 0 Å². The van der Waals surface area contributed by atoms with E-state index in [4.69, 9.17) is 0 Å². The second-order valence-corrected chi connectivity index (χ2v) is 9.87. The van der Waals surface area contributed by atoms with E-state index in [1.807, 2.05) is 24.3 Å². The SMILES string of the molecule is O=C(CCSc1ccccc1Br)Nc1cccc(N2CCCS2(=O)=O)c1. The summed E-state index contributed by atoms with van der Waals surface area (Å²) in [6, 6.07) is 14.9. The molecule has 0 aromatic heterocycles. The largest absolute Gasteiger partial charge is 0.326 e. The maximum absolute atomic E-state index is 12.2. The van der Waals surface area contributed by atoms with E-state index in [0.717, 1.165) is 9.37 Å². The van der Waals surface area contributed by atoms with Crippen molar-refractivity contribution < 1.29 is 13.2 Å². The summed E-state index contributed by atoms with van der Waals surface area (Å²) in [6.45, 7) is 0.488. The van der Waals surface area contributed by atoms with Crippen molar-refractivity contribution in [2.45, 2.75) is 17.7 Å². The van der Waals surface area contributed by atoms with E-state index < -0.39 is 10.0 Å². The van der Waals surface area contributed by atoms with Crippen molar-refractivity contribution in [2.24, 2.45) is 0 Å². The van der Waals surface area contributed by atoms with Crippen LogP contribution in [-0.2, 0) is 14.8 Å². The zero-order chi connectivity index (χ0) is 18.6. The van der Waals surface area contributed by atoms with Crippen LogP contribution < -0.4 is 9.62 Å². The molecule has 0 radical (unpaired) electrons. The van der Waals surface area contributed by atoms with E-state index in [0.29, 0.717) is 36.5 Å². The lowest BCUT2D eigenvalue weighted by atomic mass is 10.2. The number of carbonyl (C=O) groups excluding carboxylic acids is 1. The number of nitrogens with one attached hydrogen (secondary N) is 1. The van der Waals surface area contributed by atoms with Crippen molar-refractivity contribution in [2.75, 3.05) is 27.7 Å². The molecule has 26 heavy (non-hydrogen) atoms. The van der Waals surface area contributed by atoms with Crippen LogP contribution in [0, 0.1) is 0 Å². The van der Waals surface area contributed by atoms with Crippen LogP contribution in [0.1, 0.15) is 12.8 Å². The van der Waals surface area contributed by atoms with E-state index in [-0.39, 0.29) is 11.7 Å². The summed E-state index contributed by atoms with van der Waals surface area (Å²) in [5, 5.41) is 2.85. The second-order valence-electron chi connectivity index (χ2n) is 5.87. The third-order valence-corrected chi connectivity index (χ3v) is 7.84. The molecule has 2 aromatic carbocycles. The predicted molar refractivity (Wildman–Crippen MR) is 110 cm³/mol. The number of rotatable bonds is 6. The lowest BCUT2D eigenvalue weighted by Gasteiger charge is -2.17. The molecule has 0 unspecified atom stereocenters. The van der Waals surface area contributed by atoms with Gasteiger partial charge < -0.3 is 5.32 Å². The highest BCUT2D eigenvalue weighted by molar-refractivity contribution is 9.10. The number of thioether (sulfide) groups is 1. The monoisotopic (exact) mass is 454 g/mol. The molecule has 2 aromatic rings. The average molecular weight is 455 g/mol. The zero-order valence-electron chi connectivity index (χ0n) is 14.0. The Kier molecular flexibility index (Phi) is 6.26. The maximum atomic E-state index is 12.2. The van der Waals surface area contributed by atoms with Crippen LogP contribution in [0.5, 0.6) is 0 Å². The topological polar surface area (TPSA) is 66.5 Å². The van der Waals surface area contributed by atoms with Crippen LogP contribution >= 0.6 is 27.7 Å². The number of hydrogen-bond acceptors (Lipinski definition) is 4. The highest BCUT2D eigenvalue weighted by atomic mass is 79.9. The maximum Gasteiger partial charge on any atom is 0.235 e. The molecular weight excluding hydrogens is 436 g/mol. The molecule has 138 valence electrons. The molecule has 1 amide bonds. The number of carbonyl (C=O) groups is 1. The van der Waals surface area contributed by atoms with Gasteiger partial charge in [-0.15, -0.1) is 11.8 Å². The molecule has 8 heteroatoms. The van der Waals surface area contributed by atoms with Gasteiger partial charge in [-0.2, -0.15) is 0 Å². The molecule has 0 bridgehead atoms. The van der Waals surface area contributed by atoms with Gasteiger partial charge in [0.2, 0.25) is 15.9 Å². The van der Waals surface area contributed by atoms with Gasteiger partial charge >= 0.3 is 0 Å². The molecule has 1 saturated heterocycles. The number of hydrogen-bond donors (Lipinski definition) is 1. The van der Waals surface area contributed by atoms with E-state index in [1.54, 1.807) is 36.0 Å². The van der Waals surface area contributed by atoms with Gasteiger partial charge in [-0.05, 0) is 52.7 Å². The predicted octanol–water partition coefficient (Wildman–Crippen LogP) is 4.11. The van der Waals surface area contributed by atoms with Crippen LogP contribution in [0.15, 0.2) is 57.9 Å². The van der Waals surface area contributed by atoms with E-state index in [2.05, 4.69) is 21.2 Å². The normalized spacial score (nSPS) is 15.8. The van der Waals surface area contributed by atoms with Crippen LogP contribution in [0.2, 0.25) is 0 Å². The van der Waals surface area contributed by atoms with Crippen LogP contribution in [0.4, 0.5) is 11.4 Å². The Bertz CT molecular complexity index is 903. The summed E-state index contributed by atoms with van der Waals surface area (Å²) in [6.07, 6.45) is 1.00. The van der Waals surface area contributed by atoms with Crippen LogP contribution in [-0.4, -0.2) is 32.4 Å². The molecule has 1 aliphatic rings. The Balaban J connectivity index is 1.56. The molecule has 1 heterocycles. The van der Waals surface area contributed by atoms with Crippen molar-refractivity contribution in [3.63, 3.8) is 0 Å². The minimum atomic E-state index is -3.22. The first-order chi connectivity index (χ1) is 12.5. The van der Waals surface area contributed by atoms with Gasteiger partial charge in [0.25, 0.3) is 0 Å². The Morgan fingerprint density at radius 3 is 2.73 bits per heavy atom. The van der Waals surface area contributed by atoms with Crippen molar-refractivity contribution in [3.05, 3.63) is 53.0 Å². The molecule has 5 nitrogen and oxygen atoms in total. The van der Waals surface area contributed by atoms with E-state index in [1.165, 1.54) is 4.31 Å². The fourth-order valence-corrected chi connectivity index (χ4v) is 5.78. The summed E-state index contributed by atoms with van der Waals surface area (Å²) in [7, 11) is -3.22. The number of benzene rings is 2. The second kappa shape index (κ2) is 8.45. The highest BCUT2D eigenvalue weighted by Gasteiger charge is 2.28. The van der Waals surface area contributed by atoms with E-state index >= 15 is 0 Å². The molecule has 3 rings (SSSR count). The first-order valence-electron chi connectivity index (χ1n) is 8.23. The van der Waals surface area contributed by atoms with Crippen molar-refractivity contribution in [3.8, 4) is 0 Å². The van der Waals surface area contributed by atoms with Gasteiger partial charge in [0, 0.05) is 33.8 Å². The van der Waals surface area contributed by atoms with Crippen molar-refractivity contribution in [1.82, 2.24) is 0 Å². The molecule has 1 fully saturated rings. The molecular formula is C18H19BrN2O3S2. The fourth-order valence-electron chi connectivity index (χ4n) is 2.71. The number of nitrogens with zero attached hydrogens (tertiary/aromatic N) is 1. The number of amides is 1. The summed E-state index contributed by atoms with van der Waals surface area (Å²) in [5.74, 6) is 0.746. The lowest BCUT2D eigenvalue weighted by molar-refractivity contribution is -0.115.